The highest BCUT2D eigenvalue weighted by molar-refractivity contribution is 9.10. The summed E-state index contributed by atoms with van der Waals surface area (Å²) in [4.78, 5) is 0. The Kier molecular flexibility index (Phi) is 2.14. The lowest BCUT2D eigenvalue weighted by atomic mass is 9.99. The Hall–Kier alpha value is -1.48. The second kappa shape index (κ2) is 3.52. The van der Waals surface area contributed by atoms with E-state index in [0.29, 0.717) is 0 Å². The van der Waals surface area contributed by atoms with E-state index >= 15 is 0 Å². The van der Waals surface area contributed by atoms with Gasteiger partial charge >= 0.3 is 0 Å². The lowest BCUT2D eigenvalue weighted by molar-refractivity contribution is 0.460. The summed E-state index contributed by atoms with van der Waals surface area (Å²) in [5.74, 6) is 1.78. The average molecular weight is 276 g/mol. The van der Waals surface area contributed by atoms with Crippen molar-refractivity contribution in [3.8, 4) is 11.5 Å². The van der Waals surface area contributed by atoms with Crippen LogP contribution < -0.4 is 10.5 Å². The maximum atomic E-state index is 5.94. The van der Waals surface area contributed by atoms with Crippen LogP contribution in [0.2, 0.25) is 0 Å². The van der Waals surface area contributed by atoms with E-state index in [2.05, 4.69) is 22.0 Å². The summed E-state index contributed by atoms with van der Waals surface area (Å²) in [6.45, 7) is 0. The second-order valence-corrected chi connectivity index (χ2v) is 4.77. The second-order valence-electron chi connectivity index (χ2n) is 3.85. The molecule has 0 aliphatic carbocycles. The molecule has 1 aliphatic rings. The van der Waals surface area contributed by atoms with Crippen LogP contribution in [0.15, 0.2) is 40.9 Å². The molecule has 1 heterocycles. The van der Waals surface area contributed by atoms with Crippen LogP contribution >= 0.6 is 15.9 Å². The van der Waals surface area contributed by atoms with Crippen LogP contribution in [0.1, 0.15) is 11.1 Å². The van der Waals surface area contributed by atoms with Crippen LogP contribution in [-0.2, 0) is 6.42 Å². The first-order valence-corrected chi connectivity index (χ1v) is 5.87. The Bertz CT molecular complexity index is 566. The molecule has 1 aliphatic heterocycles. The van der Waals surface area contributed by atoms with Gasteiger partial charge in [-0.2, -0.15) is 0 Å². The van der Waals surface area contributed by atoms with Crippen molar-refractivity contribution >= 4 is 21.6 Å². The van der Waals surface area contributed by atoms with E-state index in [-0.39, 0.29) is 0 Å². The number of ether oxygens (including phenoxy) is 1. The molecule has 0 amide bonds. The summed E-state index contributed by atoms with van der Waals surface area (Å²) in [7, 11) is 0. The number of halogens is 1. The molecule has 0 unspecified atom stereocenters. The Morgan fingerprint density at radius 1 is 1.12 bits per heavy atom. The van der Waals surface area contributed by atoms with E-state index in [4.69, 9.17) is 10.5 Å². The Labute approximate surface area is 102 Å². The lowest BCUT2D eigenvalue weighted by Gasteiger charge is -2.21. The largest absolute Gasteiger partial charge is 0.457 e. The number of hydrogen-bond donors (Lipinski definition) is 1. The zero-order valence-corrected chi connectivity index (χ0v) is 10.1. The maximum absolute atomic E-state index is 5.94. The van der Waals surface area contributed by atoms with Gasteiger partial charge < -0.3 is 10.5 Å². The van der Waals surface area contributed by atoms with Crippen LogP contribution in [-0.4, -0.2) is 0 Å². The first-order chi connectivity index (χ1) is 7.74. The van der Waals surface area contributed by atoms with Crippen LogP contribution in [0.5, 0.6) is 11.5 Å². The minimum atomic E-state index is 0.797. The number of benzene rings is 2. The molecule has 2 aromatic rings. The highest BCUT2D eigenvalue weighted by atomic mass is 79.9. The summed E-state index contributed by atoms with van der Waals surface area (Å²) in [6, 6.07) is 11.8. The molecule has 0 saturated heterocycles. The van der Waals surface area contributed by atoms with Crippen LogP contribution in [0.25, 0.3) is 0 Å². The molecule has 0 bridgehead atoms. The van der Waals surface area contributed by atoms with Gasteiger partial charge in [-0.15, -0.1) is 0 Å². The fourth-order valence-corrected chi connectivity index (χ4v) is 2.29. The average Bonchev–Trinajstić information content (AvgIpc) is 2.27. The van der Waals surface area contributed by atoms with Crippen LogP contribution in [0.4, 0.5) is 5.69 Å². The quantitative estimate of drug-likeness (QED) is 0.635. The normalized spacial score (nSPS) is 12.6. The van der Waals surface area contributed by atoms with E-state index < -0.39 is 0 Å². The van der Waals surface area contributed by atoms with Crippen molar-refractivity contribution in [2.24, 2.45) is 0 Å². The molecule has 80 valence electrons. The molecular formula is C13H10BrNO. The monoisotopic (exact) mass is 275 g/mol. The molecule has 2 N–H and O–H groups in total. The summed E-state index contributed by atoms with van der Waals surface area (Å²) in [5, 5.41) is 0. The van der Waals surface area contributed by atoms with Gasteiger partial charge in [0.25, 0.3) is 0 Å². The van der Waals surface area contributed by atoms with Gasteiger partial charge in [0.15, 0.2) is 0 Å². The maximum Gasteiger partial charge on any atom is 0.133 e. The number of hydrogen-bond acceptors (Lipinski definition) is 2. The molecule has 0 radical (unpaired) electrons. The van der Waals surface area contributed by atoms with Crippen molar-refractivity contribution in [1.82, 2.24) is 0 Å². The van der Waals surface area contributed by atoms with Crippen molar-refractivity contribution in [2.45, 2.75) is 6.42 Å². The minimum Gasteiger partial charge on any atom is -0.457 e. The molecule has 16 heavy (non-hydrogen) atoms. The number of fused-ring (bicyclic) bond motifs is 2. The van der Waals surface area contributed by atoms with Gasteiger partial charge in [-0.1, -0.05) is 28.1 Å². The van der Waals surface area contributed by atoms with E-state index in [9.17, 15) is 0 Å². The van der Waals surface area contributed by atoms with E-state index in [1.54, 1.807) is 0 Å². The van der Waals surface area contributed by atoms with Crippen molar-refractivity contribution in [1.29, 1.82) is 0 Å². The highest BCUT2D eigenvalue weighted by Gasteiger charge is 2.18. The first kappa shape index (κ1) is 9.73. The standard InChI is InChI=1S/C13H10BrNO/c14-9-5-4-8-6-10-11(15)2-1-3-12(10)16-13(8)7-9/h1-5,7H,6,15H2. The van der Waals surface area contributed by atoms with Crippen molar-refractivity contribution < 1.29 is 4.74 Å². The predicted molar refractivity (Wildman–Crippen MR) is 67.9 cm³/mol. The van der Waals surface area contributed by atoms with Gasteiger partial charge in [0.1, 0.15) is 11.5 Å². The number of nitrogen functional groups attached to an aromatic ring is 1. The van der Waals surface area contributed by atoms with Gasteiger partial charge in [0.05, 0.1) is 0 Å². The summed E-state index contributed by atoms with van der Waals surface area (Å²) >= 11 is 3.44. The third kappa shape index (κ3) is 1.48. The molecule has 2 aromatic carbocycles. The fraction of sp³-hybridized carbons (Fsp3) is 0.0769. The van der Waals surface area contributed by atoms with Crippen molar-refractivity contribution in [2.75, 3.05) is 5.73 Å². The lowest BCUT2D eigenvalue weighted by Crippen LogP contribution is -2.05. The third-order valence-corrected chi connectivity index (χ3v) is 3.28. The SMILES string of the molecule is Nc1cccc2c1Cc1ccc(Br)cc1O2. The van der Waals surface area contributed by atoms with Gasteiger partial charge in [0.2, 0.25) is 0 Å². The zero-order valence-electron chi connectivity index (χ0n) is 8.53. The van der Waals surface area contributed by atoms with E-state index in [1.807, 2.05) is 30.3 Å². The van der Waals surface area contributed by atoms with Gasteiger partial charge in [-0.3, -0.25) is 0 Å². The Morgan fingerprint density at radius 3 is 2.88 bits per heavy atom. The molecule has 2 nitrogen and oxygen atoms in total. The smallest absolute Gasteiger partial charge is 0.133 e. The van der Waals surface area contributed by atoms with Crippen molar-refractivity contribution in [3.63, 3.8) is 0 Å². The van der Waals surface area contributed by atoms with Gasteiger partial charge in [0, 0.05) is 22.1 Å². The molecule has 0 atom stereocenters. The molecular weight excluding hydrogens is 266 g/mol. The molecule has 0 fully saturated rings. The number of rotatable bonds is 0. The third-order valence-electron chi connectivity index (χ3n) is 2.79. The first-order valence-electron chi connectivity index (χ1n) is 5.08. The fourth-order valence-electron chi connectivity index (χ4n) is 1.95. The summed E-state index contributed by atoms with van der Waals surface area (Å²) in [6.07, 6.45) is 0.838. The van der Waals surface area contributed by atoms with Gasteiger partial charge in [-0.25, -0.2) is 0 Å². The van der Waals surface area contributed by atoms with E-state index in [0.717, 1.165) is 33.6 Å². The van der Waals surface area contributed by atoms with Crippen molar-refractivity contribution in [3.05, 3.63) is 52.0 Å². The highest BCUT2D eigenvalue weighted by Crippen LogP contribution is 2.39. The van der Waals surface area contributed by atoms with Crippen LogP contribution in [0, 0.1) is 0 Å². The molecule has 0 saturated carbocycles. The molecule has 0 spiro atoms. The Balaban J connectivity index is 2.13. The zero-order chi connectivity index (χ0) is 11.1. The summed E-state index contributed by atoms with van der Waals surface area (Å²) < 4.78 is 6.86. The molecule has 3 heteroatoms. The molecule has 0 aromatic heterocycles. The van der Waals surface area contributed by atoms with Crippen LogP contribution in [0.3, 0.4) is 0 Å². The predicted octanol–water partition coefficient (Wildman–Crippen LogP) is 3.73. The topological polar surface area (TPSA) is 35.2 Å². The van der Waals surface area contributed by atoms with Gasteiger partial charge in [-0.05, 0) is 29.8 Å². The minimum absolute atomic E-state index is 0.797. The van der Waals surface area contributed by atoms with E-state index in [1.165, 1.54) is 5.56 Å². The molecule has 3 rings (SSSR count). The summed E-state index contributed by atoms with van der Waals surface area (Å²) in [5.41, 5.74) is 8.99. The Morgan fingerprint density at radius 2 is 2.00 bits per heavy atom. The number of nitrogens with two attached hydrogens (primary N) is 1. The number of anilines is 1.